The number of unbranched alkanes of at least 4 members (excludes halogenated alkanes) is 1. The molecular weight excluding hydrogens is 436 g/mol. The third-order valence-electron chi connectivity index (χ3n) is 4.51. The van der Waals surface area contributed by atoms with Crippen molar-refractivity contribution in [2.24, 2.45) is 0 Å². The lowest BCUT2D eigenvalue weighted by Gasteiger charge is -2.16. The zero-order chi connectivity index (χ0) is 24.2. The number of hydrogen-bond acceptors (Lipinski definition) is 10. The minimum absolute atomic E-state index is 0.0872. The number of benzene rings is 2. The highest BCUT2D eigenvalue weighted by atomic mass is 17.3. The molecule has 0 saturated heterocycles. The zero-order valence-corrected chi connectivity index (χ0v) is 19.2. The molecule has 2 aromatic rings. The average molecular weight is 464 g/mol. The summed E-state index contributed by atoms with van der Waals surface area (Å²) >= 11 is 0. The van der Waals surface area contributed by atoms with Crippen LogP contribution in [0.15, 0.2) is 36.4 Å². The van der Waals surface area contributed by atoms with Gasteiger partial charge in [0.05, 0.1) is 28.4 Å². The number of methoxy groups -OCH3 is 4. The van der Waals surface area contributed by atoms with Gasteiger partial charge >= 0.3 is 11.9 Å². The van der Waals surface area contributed by atoms with Gasteiger partial charge in [-0.3, -0.25) is 9.78 Å². The summed E-state index contributed by atoms with van der Waals surface area (Å²) in [4.78, 5) is 45.1. The summed E-state index contributed by atoms with van der Waals surface area (Å²) in [7, 11) is 5.76. The summed E-state index contributed by atoms with van der Waals surface area (Å²) in [5.74, 6) is -0.266. The molecule has 2 aromatic carbocycles. The number of ether oxygens (including phenoxy) is 4. The molecule has 180 valence electrons. The molecule has 10 nitrogen and oxygen atoms in total. The molecule has 0 unspecified atom stereocenters. The summed E-state index contributed by atoms with van der Waals surface area (Å²) in [6, 6.07) is 9.28. The van der Waals surface area contributed by atoms with Crippen LogP contribution in [0.4, 0.5) is 0 Å². The van der Waals surface area contributed by atoms with Gasteiger partial charge in [-0.1, -0.05) is 13.3 Å². The van der Waals surface area contributed by atoms with E-state index in [1.165, 1.54) is 40.6 Å². The van der Waals surface area contributed by atoms with Gasteiger partial charge in [0.15, 0.2) is 0 Å². The Morgan fingerprint density at radius 1 is 0.727 bits per heavy atom. The minimum Gasteiger partial charge on any atom is -0.497 e. The minimum atomic E-state index is -1.16. The standard InChI is InChI=1S/C23H28O10/c1-6-7-8-21(30-32-22(24)17-13-15(26-2)9-11-19(17)28-4)31-33-23(25)18-14-16(27-3)10-12-20(18)29-5/h9-14,21H,6-8H2,1-5H3. The van der Waals surface area contributed by atoms with Crippen LogP contribution < -0.4 is 18.9 Å². The fourth-order valence-corrected chi connectivity index (χ4v) is 2.71. The zero-order valence-electron chi connectivity index (χ0n) is 19.2. The second kappa shape index (κ2) is 13.1. The van der Waals surface area contributed by atoms with Crippen molar-refractivity contribution in [3.63, 3.8) is 0 Å². The first-order valence-electron chi connectivity index (χ1n) is 10.2. The molecule has 0 bridgehead atoms. The smallest absolute Gasteiger partial charge is 0.377 e. The Hall–Kier alpha value is -3.50. The summed E-state index contributed by atoms with van der Waals surface area (Å²) in [6.45, 7) is 1.96. The molecule has 0 spiro atoms. The number of carbonyl (C=O) groups excluding carboxylic acids is 2. The maximum Gasteiger partial charge on any atom is 0.377 e. The van der Waals surface area contributed by atoms with Crippen LogP contribution in [0.25, 0.3) is 0 Å². The molecule has 10 heteroatoms. The molecule has 0 aliphatic heterocycles. The Kier molecular flexibility index (Phi) is 10.3. The van der Waals surface area contributed by atoms with Crippen LogP contribution in [0.2, 0.25) is 0 Å². The fraction of sp³-hybridized carbons (Fsp3) is 0.391. The second-order valence-electron chi connectivity index (χ2n) is 6.64. The molecule has 2 rings (SSSR count). The van der Waals surface area contributed by atoms with Crippen molar-refractivity contribution in [2.45, 2.75) is 32.5 Å². The van der Waals surface area contributed by atoms with E-state index >= 15 is 0 Å². The Balaban J connectivity index is 2.05. The quantitative estimate of drug-likeness (QED) is 0.244. The lowest BCUT2D eigenvalue weighted by Crippen LogP contribution is -2.22. The van der Waals surface area contributed by atoms with Crippen LogP contribution in [0.5, 0.6) is 23.0 Å². The molecule has 0 atom stereocenters. The van der Waals surface area contributed by atoms with Crippen LogP contribution in [-0.4, -0.2) is 46.7 Å². The summed E-state index contributed by atoms with van der Waals surface area (Å²) in [5, 5.41) is 0. The third-order valence-corrected chi connectivity index (χ3v) is 4.51. The van der Waals surface area contributed by atoms with Crippen LogP contribution >= 0.6 is 0 Å². The van der Waals surface area contributed by atoms with E-state index in [1.807, 2.05) is 6.92 Å². The van der Waals surface area contributed by atoms with Crippen molar-refractivity contribution in [2.75, 3.05) is 28.4 Å². The van der Waals surface area contributed by atoms with Crippen molar-refractivity contribution in [3.05, 3.63) is 47.5 Å². The first kappa shape index (κ1) is 25.8. The molecule has 0 saturated carbocycles. The normalized spacial score (nSPS) is 10.5. The van der Waals surface area contributed by atoms with E-state index in [1.54, 1.807) is 24.3 Å². The Bertz CT molecular complexity index is 856. The van der Waals surface area contributed by atoms with E-state index in [2.05, 4.69) is 0 Å². The van der Waals surface area contributed by atoms with E-state index in [9.17, 15) is 9.59 Å². The maximum atomic E-state index is 12.5. The molecule has 0 aliphatic carbocycles. The van der Waals surface area contributed by atoms with Crippen molar-refractivity contribution >= 4 is 11.9 Å². The van der Waals surface area contributed by atoms with Crippen LogP contribution in [0, 0.1) is 0 Å². The van der Waals surface area contributed by atoms with Gasteiger partial charge in [0.2, 0.25) is 6.29 Å². The lowest BCUT2D eigenvalue weighted by atomic mass is 10.2. The van der Waals surface area contributed by atoms with Gasteiger partial charge < -0.3 is 18.9 Å². The third kappa shape index (κ3) is 7.26. The SMILES string of the molecule is CCCCC(OOC(=O)c1cc(OC)ccc1OC)OOC(=O)c1cc(OC)ccc1OC. The van der Waals surface area contributed by atoms with E-state index in [0.29, 0.717) is 24.3 Å². The van der Waals surface area contributed by atoms with Crippen molar-refractivity contribution in [1.29, 1.82) is 0 Å². The van der Waals surface area contributed by atoms with Crippen LogP contribution in [0.3, 0.4) is 0 Å². The lowest BCUT2D eigenvalue weighted by molar-refractivity contribution is -0.421. The summed E-state index contributed by atoms with van der Waals surface area (Å²) in [5.41, 5.74) is 0.174. The van der Waals surface area contributed by atoms with Gasteiger partial charge in [-0.05, 0) is 42.8 Å². The fourth-order valence-electron chi connectivity index (χ4n) is 2.71. The monoisotopic (exact) mass is 464 g/mol. The molecule has 0 N–H and O–H groups in total. The number of rotatable bonds is 13. The molecule has 0 radical (unpaired) electrons. The van der Waals surface area contributed by atoms with E-state index in [-0.39, 0.29) is 22.6 Å². The highest BCUT2D eigenvalue weighted by molar-refractivity contribution is 5.93. The average Bonchev–Trinajstić information content (AvgIpc) is 2.86. The van der Waals surface area contributed by atoms with Crippen LogP contribution in [0.1, 0.15) is 46.9 Å². The molecular formula is C23H28O10. The predicted octanol–water partition coefficient (Wildman–Crippen LogP) is 4.11. The molecule has 0 fully saturated rings. The van der Waals surface area contributed by atoms with E-state index in [0.717, 1.165) is 6.42 Å². The van der Waals surface area contributed by atoms with Crippen molar-refractivity contribution < 1.29 is 48.1 Å². The Labute approximate surface area is 192 Å². The Morgan fingerprint density at radius 2 is 1.18 bits per heavy atom. The van der Waals surface area contributed by atoms with Gasteiger partial charge in [-0.25, -0.2) is 9.59 Å². The predicted molar refractivity (Wildman–Crippen MR) is 115 cm³/mol. The Morgan fingerprint density at radius 3 is 1.55 bits per heavy atom. The largest absolute Gasteiger partial charge is 0.497 e. The van der Waals surface area contributed by atoms with Gasteiger partial charge in [0.1, 0.15) is 34.1 Å². The van der Waals surface area contributed by atoms with Crippen LogP contribution in [-0.2, 0) is 19.6 Å². The molecule has 0 aromatic heterocycles. The van der Waals surface area contributed by atoms with Crippen molar-refractivity contribution in [3.8, 4) is 23.0 Å². The molecule has 33 heavy (non-hydrogen) atoms. The molecule has 0 amide bonds. The second-order valence-corrected chi connectivity index (χ2v) is 6.64. The van der Waals surface area contributed by atoms with Gasteiger partial charge in [-0.15, -0.1) is 9.78 Å². The van der Waals surface area contributed by atoms with Gasteiger partial charge in [-0.2, -0.15) is 0 Å². The molecule has 0 heterocycles. The first-order chi connectivity index (χ1) is 16.0. The van der Waals surface area contributed by atoms with E-state index < -0.39 is 18.2 Å². The molecule has 0 aliphatic rings. The van der Waals surface area contributed by atoms with Crippen molar-refractivity contribution in [1.82, 2.24) is 0 Å². The summed E-state index contributed by atoms with van der Waals surface area (Å²) < 4.78 is 20.6. The van der Waals surface area contributed by atoms with E-state index in [4.69, 9.17) is 38.5 Å². The first-order valence-corrected chi connectivity index (χ1v) is 10.2. The highest BCUT2D eigenvalue weighted by Crippen LogP contribution is 2.26. The highest BCUT2D eigenvalue weighted by Gasteiger charge is 2.23. The maximum absolute atomic E-state index is 12.5. The number of carbonyl (C=O) groups is 2. The van der Waals surface area contributed by atoms with Gasteiger partial charge in [0.25, 0.3) is 0 Å². The topological polar surface area (TPSA) is 108 Å². The number of hydrogen-bond donors (Lipinski definition) is 0. The summed E-state index contributed by atoms with van der Waals surface area (Å²) in [6.07, 6.45) is 0.594. The van der Waals surface area contributed by atoms with Gasteiger partial charge in [0, 0.05) is 6.42 Å².